The molecule has 2 rings (SSSR count). The molecule has 1 aromatic heterocycles. The van der Waals surface area contributed by atoms with Gasteiger partial charge < -0.3 is 9.64 Å². The average Bonchev–Trinajstić information content (AvgIpc) is 2.94. The molecule has 1 aromatic rings. The molecule has 118 valence electrons. The molecule has 0 atom stereocenters. The highest BCUT2D eigenvalue weighted by Gasteiger charge is 2.42. The fraction of sp³-hybridized carbons (Fsp3) is 0.714. The van der Waals surface area contributed by atoms with E-state index in [1.54, 1.807) is 0 Å². The smallest absolute Gasteiger partial charge is 0.253 e. The van der Waals surface area contributed by atoms with Gasteiger partial charge in [0.2, 0.25) is 0 Å². The molecule has 2 heterocycles. The van der Waals surface area contributed by atoms with Crippen LogP contribution in [-0.4, -0.2) is 87.5 Å². The van der Waals surface area contributed by atoms with E-state index >= 15 is 0 Å². The highest BCUT2D eigenvalue weighted by Crippen LogP contribution is 2.57. The second-order valence-electron chi connectivity index (χ2n) is 6.96. The fourth-order valence-electron chi connectivity index (χ4n) is 2.56. The van der Waals surface area contributed by atoms with E-state index < -0.39 is 15.6 Å². The van der Waals surface area contributed by atoms with Gasteiger partial charge in [0.1, 0.15) is 5.69 Å². The molecule has 0 amide bonds. The summed E-state index contributed by atoms with van der Waals surface area (Å²) in [6.45, 7) is 3.44. The molecule has 4 nitrogen and oxygen atoms in total. The van der Waals surface area contributed by atoms with E-state index in [0.717, 1.165) is 42.5 Å². The summed E-state index contributed by atoms with van der Waals surface area (Å²) < 4.78 is 14.3. The maximum Gasteiger partial charge on any atom is 0.253 e. The lowest BCUT2D eigenvalue weighted by Gasteiger charge is -2.54. The Kier molecular flexibility index (Phi) is 6.31. The fourth-order valence-corrected chi connectivity index (χ4v) is 3.09. The first-order valence-corrected chi connectivity index (χ1v) is 8.75. The minimum atomic E-state index is -1.69. The Morgan fingerprint density at radius 2 is 1.88 bits per heavy atom. The van der Waals surface area contributed by atoms with Crippen molar-refractivity contribution in [2.24, 2.45) is 0 Å². The zero-order chi connectivity index (χ0) is 18.9. The van der Waals surface area contributed by atoms with E-state index in [1.807, 2.05) is 0 Å². The number of likely N-dealkylation sites (N-methyl/N-ethyl adjacent to an activating group) is 1. The lowest BCUT2D eigenvalue weighted by molar-refractivity contribution is 0.284. The predicted octanol–water partition coefficient (Wildman–Crippen LogP) is 0.405. The van der Waals surface area contributed by atoms with Crippen molar-refractivity contribution in [3.05, 3.63) is 11.8 Å². The molecule has 0 fully saturated rings. The lowest BCUT2D eigenvalue weighted by atomic mass is 9.18. The van der Waals surface area contributed by atoms with E-state index in [4.69, 9.17) is 51.8 Å². The van der Waals surface area contributed by atoms with Crippen LogP contribution in [0.5, 0.6) is 5.88 Å². The predicted molar refractivity (Wildman–Crippen MR) is 108 cm³/mol. The van der Waals surface area contributed by atoms with Gasteiger partial charge in [-0.05, 0) is 25.5 Å². The second kappa shape index (κ2) is 7.59. The summed E-state index contributed by atoms with van der Waals surface area (Å²) in [6, 6.07) is 0. The molecule has 1 aliphatic heterocycles. The molecule has 1 aliphatic rings. The van der Waals surface area contributed by atoms with Crippen molar-refractivity contribution >= 4 is 64.4 Å². The van der Waals surface area contributed by atoms with Crippen molar-refractivity contribution in [2.45, 2.75) is 35.4 Å². The van der Waals surface area contributed by atoms with Crippen molar-refractivity contribution in [1.29, 1.82) is 0 Å². The second-order valence-corrected chi connectivity index (χ2v) is 7.49. The van der Waals surface area contributed by atoms with E-state index in [9.17, 15) is 0 Å². The lowest BCUT2D eigenvalue weighted by Crippen LogP contribution is -2.42. The quantitative estimate of drug-likeness (QED) is 0.674. The van der Waals surface area contributed by atoms with Crippen LogP contribution in [0.2, 0.25) is 15.6 Å². The van der Waals surface area contributed by atoms with Gasteiger partial charge in [-0.15, -0.1) is 20.0 Å². The van der Waals surface area contributed by atoms with Crippen molar-refractivity contribution in [2.75, 3.05) is 26.7 Å². The molecule has 11 heteroatoms. The monoisotopic (exact) mass is 341 g/mol. The molecule has 12 radical (unpaired) electrons. The number of aromatic nitrogens is 2. The molecular weight excluding hydrogens is 323 g/mol. The first kappa shape index (κ1) is 20.8. The minimum absolute atomic E-state index is 0.139. The van der Waals surface area contributed by atoms with E-state index in [-0.39, 0.29) is 13.0 Å². The molecular formula is C14H17B6N3OS. The number of hydrogen-bond acceptors (Lipinski definition) is 5. The molecule has 0 saturated carbocycles. The van der Waals surface area contributed by atoms with E-state index in [0.29, 0.717) is 5.88 Å². The van der Waals surface area contributed by atoms with Gasteiger partial charge in [0.05, 0.1) is 65.4 Å². The highest BCUT2D eigenvalue weighted by atomic mass is 32.1. The normalized spacial score (nSPS) is 17.3. The van der Waals surface area contributed by atoms with Crippen LogP contribution in [0.15, 0.2) is 6.08 Å². The van der Waals surface area contributed by atoms with E-state index in [1.165, 1.54) is 6.92 Å². The van der Waals surface area contributed by atoms with Crippen molar-refractivity contribution in [3.8, 4) is 5.88 Å². The summed E-state index contributed by atoms with van der Waals surface area (Å²) in [5.74, 6) is 0.449. The summed E-state index contributed by atoms with van der Waals surface area (Å²) in [4.78, 5) is 2.21. The van der Waals surface area contributed by atoms with Gasteiger partial charge in [-0.25, -0.2) is 0 Å². The van der Waals surface area contributed by atoms with Gasteiger partial charge in [-0.1, -0.05) is 13.0 Å². The number of rotatable bonds is 7. The summed E-state index contributed by atoms with van der Waals surface area (Å²) >= 11 is 1.09. The Morgan fingerprint density at radius 3 is 2.48 bits per heavy atom. The third-order valence-corrected chi connectivity index (χ3v) is 5.03. The Morgan fingerprint density at radius 1 is 1.20 bits per heavy atom. The van der Waals surface area contributed by atoms with Gasteiger partial charge in [-0.3, -0.25) is 0 Å². The summed E-state index contributed by atoms with van der Waals surface area (Å²) in [5, 5.41) is -4.68. The number of ether oxygens (including phenoxy) is 1. The molecule has 25 heavy (non-hydrogen) atoms. The Labute approximate surface area is 162 Å². The van der Waals surface area contributed by atoms with Crippen LogP contribution in [0.25, 0.3) is 5.57 Å². The van der Waals surface area contributed by atoms with Crippen LogP contribution in [0.4, 0.5) is 0 Å². The maximum atomic E-state index is 6.06. The third-order valence-electron chi connectivity index (χ3n) is 4.52. The highest BCUT2D eigenvalue weighted by molar-refractivity contribution is 6.99. The van der Waals surface area contributed by atoms with Crippen molar-refractivity contribution in [1.82, 2.24) is 13.6 Å². The first-order chi connectivity index (χ1) is 11.5. The Bertz CT molecular complexity index is 628. The molecule has 0 saturated heterocycles. The van der Waals surface area contributed by atoms with Crippen LogP contribution >= 0.6 is 11.7 Å². The molecule has 0 N–H and O–H groups in total. The Balaban J connectivity index is 2.02. The van der Waals surface area contributed by atoms with Crippen LogP contribution < -0.4 is 4.74 Å². The molecule has 0 aromatic carbocycles. The minimum Gasteiger partial charge on any atom is -0.476 e. The molecule has 0 aliphatic carbocycles. The maximum absolute atomic E-state index is 6.06. The summed E-state index contributed by atoms with van der Waals surface area (Å²) in [6.07, 6.45) is 3.25. The van der Waals surface area contributed by atoms with Crippen LogP contribution in [0.3, 0.4) is 0 Å². The van der Waals surface area contributed by atoms with Crippen LogP contribution in [-0.2, 0) is 0 Å². The van der Waals surface area contributed by atoms with Crippen LogP contribution in [0, 0.1) is 0 Å². The standard InChI is InChI=1S/C14H17B6N3OS/c1-12(15,16)14(19,20)13(17,18)5-7-24-11-10(21-25-22-11)9-4-3-6-23(2)8-9/h4H,3,5-8H2,1-2H3. The van der Waals surface area contributed by atoms with Crippen molar-refractivity contribution < 1.29 is 4.74 Å². The first-order valence-electron chi connectivity index (χ1n) is 8.02. The topological polar surface area (TPSA) is 38.3 Å². The zero-order valence-electron chi connectivity index (χ0n) is 14.7. The van der Waals surface area contributed by atoms with Gasteiger partial charge in [0, 0.05) is 13.1 Å². The largest absolute Gasteiger partial charge is 0.476 e. The number of hydrogen-bond donors (Lipinski definition) is 0. The molecule has 0 unspecified atom stereocenters. The van der Waals surface area contributed by atoms with Crippen molar-refractivity contribution in [3.63, 3.8) is 0 Å². The van der Waals surface area contributed by atoms with Gasteiger partial charge in [0.25, 0.3) is 5.88 Å². The summed E-state index contributed by atoms with van der Waals surface area (Å²) in [7, 11) is 37.7. The third kappa shape index (κ3) is 4.60. The van der Waals surface area contributed by atoms with E-state index in [2.05, 4.69) is 26.8 Å². The van der Waals surface area contributed by atoms with Gasteiger partial charge >= 0.3 is 0 Å². The van der Waals surface area contributed by atoms with Gasteiger partial charge in [-0.2, -0.15) is 4.37 Å². The molecule has 0 bridgehead atoms. The average molecular weight is 340 g/mol. The SMILES string of the molecule is [B]C([B])(C)C([B])([B])C([B])([B])CCOc1nsnc1C1=CCCN(C)C1. The van der Waals surface area contributed by atoms with Gasteiger partial charge in [0.15, 0.2) is 0 Å². The summed E-state index contributed by atoms with van der Waals surface area (Å²) in [5.41, 5.74) is 1.83. The zero-order valence-corrected chi connectivity index (χ0v) is 15.6. The Hall–Kier alpha value is -0.550. The van der Waals surface area contributed by atoms with Crippen LogP contribution in [0.1, 0.15) is 25.5 Å². The molecule has 0 spiro atoms. The number of nitrogens with zero attached hydrogens (tertiary/aromatic N) is 3.